The van der Waals surface area contributed by atoms with Gasteiger partial charge in [-0.05, 0) is 60.3 Å². The van der Waals surface area contributed by atoms with E-state index in [1.165, 1.54) is 6.33 Å². The molecule has 2 N–H and O–H groups in total. The number of piperidine rings is 2. The number of anilines is 2. The number of hydrogen-bond donors (Lipinski definition) is 2. The number of nitrogens with one attached hydrogen (secondary N) is 2. The number of esters is 1. The number of nitro groups is 1. The molecule has 2 fully saturated rings. The SMILES string of the molecule is CCOC(=O)C1CCCN(c2ncnc(NC3CC(C)(C)NC(C)(C)C3)c2[N+](=O)[O-])C1. The van der Waals surface area contributed by atoms with Crippen molar-refractivity contribution in [2.45, 2.75) is 77.4 Å². The number of nitrogens with zero attached hydrogens (tertiary/aromatic N) is 4. The first kappa shape index (κ1) is 23.2. The highest BCUT2D eigenvalue weighted by Crippen LogP contribution is 2.37. The summed E-state index contributed by atoms with van der Waals surface area (Å²) in [7, 11) is 0. The Labute approximate surface area is 183 Å². The molecule has 1 aromatic rings. The highest BCUT2D eigenvalue weighted by molar-refractivity contribution is 5.75. The summed E-state index contributed by atoms with van der Waals surface area (Å²) in [5, 5.41) is 19.0. The third-order valence-electron chi connectivity index (χ3n) is 5.86. The van der Waals surface area contributed by atoms with Crippen molar-refractivity contribution < 1.29 is 14.5 Å². The van der Waals surface area contributed by atoms with Gasteiger partial charge in [0.15, 0.2) is 0 Å². The zero-order chi connectivity index (χ0) is 22.8. The Morgan fingerprint density at radius 2 is 2.00 bits per heavy atom. The van der Waals surface area contributed by atoms with Crippen LogP contribution in [0.4, 0.5) is 17.3 Å². The number of hydrogen-bond acceptors (Lipinski definition) is 9. The second kappa shape index (κ2) is 8.94. The molecule has 172 valence electrons. The third kappa shape index (κ3) is 5.61. The molecule has 1 atom stereocenters. The molecule has 0 aliphatic carbocycles. The standard InChI is InChI=1S/C21H34N6O4/c1-6-31-19(28)14-8-7-9-26(12-14)18-16(27(29)30)17(22-13-23-18)24-15-10-20(2,3)25-21(4,5)11-15/h13-15,25H,6-12H2,1-5H3,(H,22,23,24). The van der Waals surface area contributed by atoms with E-state index in [-0.39, 0.29) is 46.3 Å². The van der Waals surface area contributed by atoms with Crippen molar-refractivity contribution in [1.29, 1.82) is 0 Å². The van der Waals surface area contributed by atoms with Gasteiger partial charge >= 0.3 is 11.7 Å². The van der Waals surface area contributed by atoms with E-state index < -0.39 is 4.92 Å². The fourth-order valence-electron chi connectivity index (χ4n) is 5.11. The summed E-state index contributed by atoms with van der Waals surface area (Å²) in [5.74, 6) is -0.0946. The monoisotopic (exact) mass is 434 g/mol. The Balaban J connectivity index is 1.86. The molecular formula is C21H34N6O4. The molecule has 10 heteroatoms. The van der Waals surface area contributed by atoms with Gasteiger partial charge in [-0.25, -0.2) is 9.97 Å². The largest absolute Gasteiger partial charge is 0.466 e. The molecule has 0 aromatic carbocycles. The van der Waals surface area contributed by atoms with E-state index in [2.05, 4.69) is 48.3 Å². The molecule has 0 amide bonds. The van der Waals surface area contributed by atoms with Crippen LogP contribution in [0.5, 0.6) is 0 Å². The molecule has 2 saturated heterocycles. The average molecular weight is 435 g/mol. The summed E-state index contributed by atoms with van der Waals surface area (Å²) in [6, 6.07) is 0.0290. The van der Waals surface area contributed by atoms with Crippen molar-refractivity contribution in [3.05, 3.63) is 16.4 Å². The van der Waals surface area contributed by atoms with Crippen LogP contribution >= 0.6 is 0 Å². The highest BCUT2D eigenvalue weighted by atomic mass is 16.6. The molecule has 0 bridgehead atoms. The zero-order valence-electron chi connectivity index (χ0n) is 19.1. The van der Waals surface area contributed by atoms with Crippen LogP contribution in [0.2, 0.25) is 0 Å². The van der Waals surface area contributed by atoms with Gasteiger partial charge in [-0.15, -0.1) is 0 Å². The maximum atomic E-state index is 12.2. The molecule has 2 aliphatic rings. The quantitative estimate of drug-likeness (QED) is 0.395. The van der Waals surface area contributed by atoms with Gasteiger partial charge in [0.2, 0.25) is 11.6 Å². The first-order chi connectivity index (χ1) is 14.5. The molecule has 2 aliphatic heterocycles. The maximum absolute atomic E-state index is 12.2. The van der Waals surface area contributed by atoms with Crippen molar-refractivity contribution >= 4 is 23.3 Å². The lowest BCUT2D eigenvalue weighted by atomic mass is 9.79. The summed E-state index contributed by atoms with van der Waals surface area (Å²) in [6.45, 7) is 11.6. The maximum Gasteiger partial charge on any atom is 0.353 e. The Hall–Kier alpha value is -2.49. The minimum absolute atomic E-state index is 0.0290. The fourth-order valence-corrected chi connectivity index (χ4v) is 5.11. The van der Waals surface area contributed by atoms with E-state index in [0.29, 0.717) is 26.1 Å². The van der Waals surface area contributed by atoms with Crippen LogP contribution < -0.4 is 15.5 Å². The number of rotatable bonds is 6. The van der Waals surface area contributed by atoms with Crippen LogP contribution in [0.1, 0.15) is 60.3 Å². The highest BCUT2D eigenvalue weighted by Gasteiger charge is 2.39. The van der Waals surface area contributed by atoms with Gasteiger partial charge < -0.3 is 20.3 Å². The topological polar surface area (TPSA) is 123 Å². The molecule has 0 saturated carbocycles. The van der Waals surface area contributed by atoms with Crippen LogP contribution in [0, 0.1) is 16.0 Å². The second-order valence-electron chi connectivity index (χ2n) is 9.83. The predicted octanol–water partition coefficient (Wildman–Crippen LogP) is 2.89. The van der Waals surface area contributed by atoms with Gasteiger partial charge in [-0.2, -0.15) is 0 Å². The van der Waals surface area contributed by atoms with E-state index >= 15 is 0 Å². The van der Waals surface area contributed by atoms with Crippen LogP contribution in [0.3, 0.4) is 0 Å². The summed E-state index contributed by atoms with van der Waals surface area (Å²) in [5.41, 5.74) is -0.353. The predicted molar refractivity (Wildman–Crippen MR) is 118 cm³/mol. The Kier molecular flexibility index (Phi) is 6.68. The molecule has 31 heavy (non-hydrogen) atoms. The molecule has 1 aromatic heterocycles. The summed E-state index contributed by atoms with van der Waals surface area (Å²) >= 11 is 0. The van der Waals surface area contributed by atoms with Crippen LogP contribution in [0.25, 0.3) is 0 Å². The van der Waals surface area contributed by atoms with E-state index in [4.69, 9.17) is 4.74 Å². The number of aromatic nitrogens is 2. The molecule has 10 nitrogen and oxygen atoms in total. The Bertz CT molecular complexity index is 812. The lowest BCUT2D eigenvalue weighted by Gasteiger charge is -2.46. The number of ether oxygens (including phenoxy) is 1. The van der Waals surface area contributed by atoms with Crippen molar-refractivity contribution in [1.82, 2.24) is 15.3 Å². The van der Waals surface area contributed by atoms with Crippen molar-refractivity contribution in [2.24, 2.45) is 5.92 Å². The van der Waals surface area contributed by atoms with E-state index in [9.17, 15) is 14.9 Å². The van der Waals surface area contributed by atoms with Gasteiger partial charge in [-0.3, -0.25) is 14.9 Å². The van der Waals surface area contributed by atoms with E-state index in [1.807, 2.05) is 4.90 Å². The summed E-state index contributed by atoms with van der Waals surface area (Å²) in [4.78, 5) is 34.1. The van der Waals surface area contributed by atoms with Crippen LogP contribution in [0.15, 0.2) is 6.33 Å². The fraction of sp³-hybridized carbons (Fsp3) is 0.762. The van der Waals surface area contributed by atoms with Gasteiger partial charge in [0.25, 0.3) is 0 Å². The lowest BCUT2D eigenvalue weighted by molar-refractivity contribution is -0.383. The molecule has 0 radical (unpaired) electrons. The lowest BCUT2D eigenvalue weighted by Crippen LogP contribution is -2.60. The average Bonchev–Trinajstić information content (AvgIpc) is 2.65. The Morgan fingerprint density at radius 3 is 2.61 bits per heavy atom. The molecule has 3 heterocycles. The van der Waals surface area contributed by atoms with Gasteiger partial charge in [0, 0.05) is 30.2 Å². The van der Waals surface area contributed by atoms with Crippen molar-refractivity contribution in [2.75, 3.05) is 29.9 Å². The number of carbonyl (C=O) groups is 1. The third-order valence-corrected chi connectivity index (χ3v) is 5.86. The molecule has 3 rings (SSSR count). The first-order valence-corrected chi connectivity index (χ1v) is 11.0. The van der Waals surface area contributed by atoms with Crippen molar-refractivity contribution in [3.8, 4) is 0 Å². The second-order valence-corrected chi connectivity index (χ2v) is 9.83. The first-order valence-electron chi connectivity index (χ1n) is 11.0. The van der Waals surface area contributed by atoms with Gasteiger partial charge in [0.05, 0.1) is 17.4 Å². The van der Waals surface area contributed by atoms with Crippen molar-refractivity contribution in [3.63, 3.8) is 0 Å². The molecule has 0 spiro atoms. The van der Waals surface area contributed by atoms with E-state index in [0.717, 1.165) is 19.3 Å². The smallest absolute Gasteiger partial charge is 0.353 e. The molecular weight excluding hydrogens is 400 g/mol. The van der Waals surface area contributed by atoms with Crippen LogP contribution in [-0.2, 0) is 9.53 Å². The number of carbonyl (C=O) groups excluding carboxylic acids is 1. The summed E-state index contributed by atoms with van der Waals surface area (Å²) < 4.78 is 5.16. The normalized spacial score (nSPS) is 23.3. The zero-order valence-corrected chi connectivity index (χ0v) is 19.1. The minimum atomic E-state index is -0.428. The van der Waals surface area contributed by atoms with Gasteiger partial charge in [0.1, 0.15) is 6.33 Å². The minimum Gasteiger partial charge on any atom is -0.466 e. The molecule has 1 unspecified atom stereocenters. The Morgan fingerprint density at radius 1 is 1.32 bits per heavy atom. The van der Waals surface area contributed by atoms with Gasteiger partial charge in [-0.1, -0.05) is 0 Å². The van der Waals surface area contributed by atoms with E-state index in [1.54, 1.807) is 6.92 Å². The van der Waals surface area contributed by atoms with Crippen LogP contribution in [-0.4, -0.2) is 57.7 Å². The summed E-state index contributed by atoms with van der Waals surface area (Å²) in [6.07, 6.45) is 4.42.